The lowest BCUT2D eigenvalue weighted by molar-refractivity contribution is 0.0292. The largest absolute Gasteiger partial charge is 0.444 e. The second-order valence-electron chi connectivity index (χ2n) is 7.61. The van der Waals surface area contributed by atoms with Crippen LogP contribution in [0.2, 0.25) is 0 Å². The number of carbonyl (C=O) groups is 1. The highest BCUT2D eigenvalue weighted by Gasteiger charge is 2.33. The Morgan fingerprint density at radius 3 is 2.54 bits per heavy atom. The molecule has 1 saturated heterocycles. The average Bonchev–Trinajstić information content (AvgIpc) is 3.08. The van der Waals surface area contributed by atoms with E-state index in [2.05, 4.69) is 15.2 Å². The molecular weight excluding hydrogens is 330 g/mol. The lowest BCUT2D eigenvalue weighted by Crippen LogP contribution is -2.39. The number of hydrogen-bond donors (Lipinski definition) is 1. The number of amides is 1. The molecular formula is C19H27N5O2. The number of para-hydroxylation sites is 2. The number of hydrogen-bond acceptors (Lipinski definition) is 6. The van der Waals surface area contributed by atoms with Gasteiger partial charge in [0.05, 0.1) is 11.0 Å². The van der Waals surface area contributed by atoms with Crippen molar-refractivity contribution in [1.82, 2.24) is 14.9 Å². The average molecular weight is 357 g/mol. The molecule has 7 nitrogen and oxygen atoms in total. The monoisotopic (exact) mass is 357 g/mol. The fourth-order valence-electron chi connectivity index (χ4n) is 3.13. The summed E-state index contributed by atoms with van der Waals surface area (Å²) in [5.74, 6) is 1.53. The number of ether oxygens (including phenoxy) is 1. The molecule has 0 aliphatic carbocycles. The summed E-state index contributed by atoms with van der Waals surface area (Å²) in [6.07, 6.45) is 0.611. The molecule has 140 valence electrons. The summed E-state index contributed by atoms with van der Waals surface area (Å²) in [6.45, 7) is 6.94. The van der Waals surface area contributed by atoms with E-state index in [1.165, 1.54) is 0 Å². The third kappa shape index (κ3) is 3.81. The minimum absolute atomic E-state index is 0.171. The third-order valence-corrected chi connectivity index (χ3v) is 4.49. The number of benzene rings is 1. The molecule has 0 spiro atoms. The standard InChI is InChI=1S/C19H27N5O2/c1-19(2,3)26-18(25)24-11-10-13(12-24)23(5)17-16(20-4)21-14-8-6-7-9-15(14)22-17/h6-9,13H,10-12H2,1-5H3,(H,20,21)/t13-/m0/s1. The number of fused-ring (bicyclic) bond motifs is 1. The molecule has 1 aliphatic rings. The van der Waals surface area contributed by atoms with Crippen LogP contribution in [0.5, 0.6) is 0 Å². The van der Waals surface area contributed by atoms with Crippen LogP contribution >= 0.6 is 0 Å². The maximum absolute atomic E-state index is 12.3. The van der Waals surface area contributed by atoms with Gasteiger partial charge in [-0.05, 0) is 39.3 Å². The molecule has 2 heterocycles. The van der Waals surface area contributed by atoms with Gasteiger partial charge < -0.3 is 19.9 Å². The highest BCUT2D eigenvalue weighted by molar-refractivity contribution is 5.80. The minimum Gasteiger partial charge on any atom is -0.444 e. The van der Waals surface area contributed by atoms with Crippen LogP contribution in [-0.4, -0.2) is 59.8 Å². The van der Waals surface area contributed by atoms with Gasteiger partial charge in [0.1, 0.15) is 5.60 Å². The lowest BCUT2D eigenvalue weighted by Gasteiger charge is -2.28. The number of carbonyl (C=O) groups excluding carboxylic acids is 1. The smallest absolute Gasteiger partial charge is 0.410 e. The molecule has 26 heavy (non-hydrogen) atoms. The van der Waals surface area contributed by atoms with Gasteiger partial charge in [0.15, 0.2) is 11.6 Å². The van der Waals surface area contributed by atoms with E-state index in [4.69, 9.17) is 9.72 Å². The molecule has 1 atom stereocenters. The number of anilines is 2. The van der Waals surface area contributed by atoms with E-state index in [0.717, 1.165) is 29.1 Å². The van der Waals surface area contributed by atoms with Crippen LogP contribution in [0.1, 0.15) is 27.2 Å². The van der Waals surface area contributed by atoms with Gasteiger partial charge in [-0.2, -0.15) is 0 Å². The first-order valence-corrected chi connectivity index (χ1v) is 8.94. The first-order chi connectivity index (χ1) is 12.3. The zero-order valence-corrected chi connectivity index (χ0v) is 16.1. The second-order valence-corrected chi connectivity index (χ2v) is 7.61. The molecule has 7 heteroatoms. The number of likely N-dealkylation sites (N-methyl/N-ethyl adjacent to an activating group) is 1. The topological polar surface area (TPSA) is 70.6 Å². The maximum atomic E-state index is 12.3. The van der Waals surface area contributed by atoms with E-state index in [1.807, 2.05) is 59.1 Å². The number of rotatable bonds is 3. The van der Waals surface area contributed by atoms with Crippen molar-refractivity contribution < 1.29 is 9.53 Å². The van der Waals surface area contributed by atoms with Gasteiger partial charge in [-0.15, -0.1) is 0 Å². The molecule has 1 aromatic heterocycles. The minimum atomic E-state index is -0.482. The lowest BCUT2D eigenvalue weighted by atomic mass is 10.2. The van der Waals surface area contributed by atoms with E-state index < -0.39 is 5.60 Å². The van der Waals surface area contributed by atoms with Crippen LogP contribution < -0.4 is 10.2 Å². The Morgan fingerprint density at radius 2 is 1.92 bits per heavy atom. The molecule has 0 bridgehead atoms. The Balaban J connectivity index is 1.78. The number of likely N-dealkylation sites (tertiary alicyclic amines) is 1. The Morgan fingerprint density at radius 1 is 1.27 bits per heavy atom. The fraction of sp³-hybridized carbons (Fsp3) is 0.526. The summed E-state index contributed by atoms with van der Waals surface area (Å²) >= 11 is 0. The molecule has 0 saturated carbocycles. The summed E-state index contributed by atoms with van der Waals surface area (Å²) in [6, 6.07) is 7.99. The quantitative estimate of drug-likeness (QED) is 0.910. The van der Waals surface area contributed by atoms with Crippen molar-refractivity contribution in [2.24, 2.45) is 0 Å². The molecule has 0 radical (unpaired) electrons. The van der Waals surface area contributed by atoms with Crippen LogP contribution in [0, 0.1) is 0 Å². The Labute approximate surface area is 154 Å². The molecule has 2 aromatic rings. The SMILES string of the molecule is CNc1nc2ccccc2nc1N(C)[C@H]1CCN(C(=O)OC(C)(C)C)C1. The van der Waals surface area contributed by atoms with Crippen molar-refractivity contribution in [1.29, 1.82) is 0 Å². The van der Waals surface area contributed by atoms with E-state index in [0.29, 0.717) is 13.1 Å². The summed E-state index contributed by atoms with van der Waals surface area (Å²) < 4.78 is 5.49. The van der Waals surface area contributed by atoms with Gasteiger partial charge in [0.2, 0.25) is 0 Å². The van der Waals surface area contributed by atoms with Crippen molar-refractivity contribution in [3.8, 4) is 0 Å². The van der Waals surface area contributed by atoms with Crippen molar-refractivity contribution in [3.05, 3.63) is 24.3 Å². The Hall–Kier alpha value is -2.57. The van der Waals surface area contributed by atoms with Crippen LogP contribution in [0.4, 0.5) is 16.4 Å². The Bertz CT molecular complexity index is 802. The van der Waals surface area contributed by atoms with Crippen molar-refractivity contribution >= 4 is 28.8 Å². The van der Waals surface area contributed by atoms with Gasteiger partial charge in [-0.25, -0.2) is 14.8 Å². The van der Waals surface area contributed by atoms with E-state index in [-0.39, 0.29) is 12.1 Å². The molecule has 1 fully saturated rings. The van der Waals surface area contributed by atoms with Gasteiger partial charge in [0, 0.05) is 33.2 Å². The molecule has 1 amide bonds. The number of aromatic nitrogens is 2. The van der Waals surface area contributed by atoms with Crippen LogP contribution in [0.15, 0.2) is 24.3 Å². The van der Waals surface area contributed by atoms with E-state index in [1.54, 1.807) is 4.90 Å². The van der Waals surface area contributed by atoms with Crippen LogP contribution in [0.25, 0.3) is 11.0 Å². The van der Waals surface area contributed by atoms with Crippen molar-refractivity contribution in [3.63, 3.8) is 0 Å². The fourth-order valence-corrected chi connectivity index (χ4v) is 3.13. The van der Waals surface area contributed by atoms with Crippen molar-refractivity contribution in [2.45, 2.75) is 38.8 Å². The highest BCUT2D eigenvalue weighted by Crippen LogP contribution is 2.28. The first kappa shape index (κ1) is 18.2. The summed E-state index contributed by atoms with van der Waals surface area (Å²) in [5.41, 5.74) is 1.23. The summed E-state index contributed by atoms with van der Waals surface area (Å²) in [5, 5.41) is 3.14. The molecule has 1 N–H and O–H groups in total. The number of nitrogens with zero attached hydrogens (tertiary/aromatic N) is 4. The zero-order valence-electron chi connectivity index (χ0n) is 16.1. The summed E-state index contributed by atoms with van der Waals surface area (Å²) in [7, 11) is 3.85. The Kier molecular flexibility index (Phi) is 4.89. The second kappa shape index (κ2) is 6.97. The van der Waals surface area contributed by atoms with Crippen LogP contribution in [0.3, 0.4) is 0 Å². The van der Waals surface area contributed by atoms with Gasteiger partial charge in [0.25, 0.3) is 0 Å². The van der Waals surface area contributed by atoms with Gasteiger partial charge in [-0.3, -0.25) is 0 Å². The molecule has 1 aliphatic heterocycles. The zero-order chi connectivity index (χ0) is 18.9. The maximum Gasteiger partial charge on any atom is 0.410 e. The highest BCUT2D eigenvalue weighted by atomic mass is 16.6. The van der Waals surface area contributed by atoms with Crippen LogP contribution in [-0.2, 0) is 4.74 Å². The van der Waals surface area contributed by atoms with E-state index >= 15 is 0 Å². The normalized spacial score (nSPS) is 17.4. The predicted molar refractivity (Wildman–Crippen MR) is 104 cm³/mol. The number of nitrogens with one attached hydrogen (secondary N) is 1. The molecule has 0 unspecified atom stereocenters. The van der Waals surface area contributed by atoms with Gasteiger partial charge >= 0.3 is 6.09 Å². The molecule has 1 aromatic carbocycles. The van der Waals surface area contributed by atoms with Crippen molar-refractivity contribution in [2.75, 3.05) is 37.4 Å². The predicted octanol–water partition coefficient (Wildman–Crippen LogP) is 3.12. The van der Waals surface area contributed by atoms with E-state index in [9.17, 15) is 4.79 Å². The molecule has 3 rings (SSSR count). The summed E-state index contributed by atoms with van der Waals surface area (Å²) in [4.78, 5) is 25.6. The van der Waals surface area contributed by atoms with Gasteiger partial charge in [-0.1, -0.05) is 12.1 Å². The first-order valence-electron chi connectivity index (χ1n) is 8.94. The third-order valence-electron chi connectivity index (χ3n) is 4.49.